The fraction of sp³-hybridized carbons (Fsp3) is 0.952. The molecule has 0 N–H and O–H groups in total. The molecule has 0 radical (unpaired) electrons. The largest absolute Gasteiger partial charge is 0.198 e. The van der Waals surface area contributed by atoms with Crippen LogP contribution in [-0.4, -0.2) is 0 Å². The second-order valence-electron chi connectivity index (χ2n) is 7.70. The maximum atomic E-state index is 8.96. The van der Waals surface area contributed by atoms with Crippen LogP contribution in [0.3, 0.4) is 0 Å². The minimum Gasteiger partial charge on any atom is -0.198 e. The third-order valence-corrected chi connectivity index (χ3v) is 4.71. The maximum absolute atomic E-state index is 8.96. The van der Waals surface area contributed by atoms with Gasteiger partial charge in [0, 0.05) is 0 Å². The highest BCUT2D eigenvalue weighted by atomic mass is 14.3. The van der Waals surface area contributed by atoms with Crippen LogP contribution in [0.2, 0.25) is 0 Å². The Balaban J connectivity index is 3.08. The number of unbranched alkanes of at least 4 members (excludes halogenated alkanes) is 14. The Morgan fingerprint density at radius 2 is 0.909 bits per heavy atom. The van der Waals surface area contributed by atoms with Gasteiger partial charge in [-0.15, -0.1) is 0 Å². The number of nitriles is 1. The number of rotatable bonds is 16. The second kappa shape index (κ2) is 15.4. The van der Waals surface area contributed by atoms with Gasteiger partial charge < -0.3 is 0 Å². The monoisotopic (exact) mass is 307 g/mol. The lowest BCUT2D eigenvalue weighted by Gasteiger charge is -2.14. The summed E-state index contributed by atoms with van der Waals surface area (Å²) in [6.07, 6.45) is 22.1. The van der Waals surface area contributed by atoms with Crippen molar-refractivity contribution in [3.05, 3.63) is 0 Å². The fourth-order valence-corrected chi connectivity index (χ4v) is 2.99. The van der Waals surface area contributed by atoms with Crippen molar-refractivity contribution in [1.29, 1.82) is 5.26 Å². The Labute approximate surface area is 140 Å². The predicted molar refractivity (Wildman–Crippen MR) is 98.9 cm³/mol. The first kappa shape index (κ1) is 21.5. The summed E-state index contributed by atoms with van der Waals surface area (Å²) in [7, 11) is 0. The molecule has 0 heterocycles. The minimum absolute atomic E-state index is 0.115. The van der Waals surface area contributed by atoms with Crippen molar-refractivity contribution in [3.63, 3.8) is 0 Å². The van der Waals surface area contributed by atoms with E-state index in [1.54, 1.807) is 0 Å². The van der Waals surface area contributed by atoms with Gasteiger partial charge in [0.1, 0.15) is 0 Å². The molecule has 0 bridgehead atoms. The van der Waals surface area contributed by atoms with Crippen molar-refractivity contribution in [1.82, 2.24) is 0 Å². The van der Waals surface area contributed by atoms with E-state index in [0.717, 1.165) is 6.42 Å². The Bertz CT molecular complexity index is 262. The molecule has 0 saturated carbocycles. The molecule has 0 unspecified atom stereocenters. The summed E-state index contributed by atoms with van der Waals surface area (Å²) in [6, 6.07) is 2.39. The van der Waals surface area contributed by atoms with Crippen LogP contribution >= 0.6 is 0 Å². The smallest absolute Gasteiger partial charge is 0.0683 e. The summed E-state index contributed by atoms with van der Waals surface area (Å²) >= 11 is 0. The van der Waals surface area contributed by atoms with Crippen LogP contribution in [0.5, 0.6) is 0 Å². The van der Waals surface area contributed by atoms with E-state index in [2.05, 4.69) is 26.8 Å². The molecule has 0 fully saturated rings. The highest BCUT2D eigenvalue weighted by molar-refractivity contribution is 4.91. The van der Waals surface area contributed by atoms with Crippen molar-refractivity contribution >= 4 is 0 Å². The minimum atomic E-state index is -0.115. The van der Waals surface area contributed by atoms with Crippen LogP contribution in [0.4, 0.5) is 0 Å². The van der Waals surface area contributed by atoms with E-state index in [1.165, 1.54) is 96.3 Å². The first-order chi connectivity index (χ1) is 10.6. The third kappa shape index (κ3) is 15.9. The standard InChI is InChI=1S/C21H41N/c1-4-5-6-7-8-9-10-11-12-13-14-15-16-17-18-19-21(2,3)20-22/h4-19H2,1-3H3. The molecule has 22 heavy (non-hydrogen) atoms. The molecule has 0 amide bonds. The van der Waals surface area contributed by atoms with Crippen molar-refractivity contribution in [3.8, 4) is 6.07 Å². The van der Waals surface area contributed by atoms with Gasteiger partial charge in [-0.1, -0.05) is 103 Å². The molecule has 0 aromatic carbocycles. The molecule has 0 aliphatic carbocycles. The van der Waals surface area contributed by atoms with Crippen LogP contribution in [0.1, 0.15) is 124 Å². The molecule has 0 spiro atoms. The quantitative estimate of drug-likeness (QED) is 0.267. The van der Waals surface area contributed by atoms with Crippen molar-refractivity contribution in [2.24, 2.45) is 5.41 Å². The van der Waals surface area contributed by atoms with Crippen LogP contribution in [0, 0.1) is 16.7 Å². The molecule has 1 heteroatoms. The Morgan fingerprint density at radius 3 is 1.23 bits per heavy atom. The van der Waals surface area contributed by atoms with E-state index >= 15 is 0 Å². The topological polar surface area (TPSA) is 23.8 Å². The van der Waals surface area contributed by atoms with E-state index in [0.29, 0.717) is 0 Å². The first-order valence-corrected chi connectivity index (χ1v) is 10.0. The van der Waals surface area contributed by atoms with Gasteiger partial charge in [-0.25, -0.2) is 0 Å². The molecule has 0 saturated heterocycles. The summed E-state index contributed by atoms with van der Waals surface area (Å²) in [4.78, 5) is 0. The Kier molecular flexibility index (Phi) is 15.0. The molecule has 0 aliphatic rings. The summed E-state index contributed by atoms with van der Waals surface area (Å²) < 4.78 is 0. The zero-order valence-electron chi connectivity index (χ0n) is 15.8. The van der Waals surface area contributed by atoms with E-state index in [9.17, 15) is 0 Å². The zero-order valence-corrected chi connectivity index (χ0v) is 15.8. The lowest BCUT2D eigenvalue weighted by molar-refractivity contribution is 0.418. The SMILES string of the molecule is CCCCCCCCCCCCCCCCCC(C)(C)C#N. The van der Waals surface area contributed by atoms with Gasteiger partial charge in [0.25, 0.3) is 0 Å². The molecular formula is C21H41N. The molecule has 130 valence electrons. The van der Waals surface area contributed by atoms with Crippen LogP contribution < -0.4 is 0 Å². The first-order valence-electron chi connectivity index (χ1n) is 10.0. The van der Waals surface area contributed by atoms with Gasteiger partial charge in [-0.2, -0.15) is 5.26 Å². The van der Waals surface area contributed by atoms with Gasteiger partial charge in [-0.05, 0) is 20.3 Å². The highest BCUT2D eigenvalue weighted by Gasteiger charge is 2.14. The number of hydrogen-bond donors (Lipinski definition) is 0. The van der Waals surface area contributed by atoms with E-state index in [-0.39, 0.29) is 5.41 Å². The summed E-state index contributed by atoms with van der Waals surface area (Å²) in [6.45, 7) is 6.39. The molecule has 0 aliphatic heterocycles. The zero-order chi connectivity index (χ0) is 16.5. The van der Waals surface area contributed by atoms with Gasteiger partial charge >= 0.3 is 0 Å². The molecule has 0 aromatic heterocycles. The highest BCUT2D eigenvalue weighted by Crippen LogP contribution is 2.22. The molecular weight excluding hydrogens is 266 g/mol. The fourth-order valence-electron chi connectivity index (χ4n) is 2.99. The summed E-state index contributed by atoms with van der Waals surface area (Å²) in [5, 5.41) is 8.96. The Hall–Kier alpha value is -0.510. The molecule has 1 nitrogen and oxygen atoms in total. The van der Waals surface area contributed by atoms with Crippen LogP contribution in [0.25, 0.3) is 0 Å². The average Bonchev–Trinajstić information content (AvgIpc) is 2.51. The lowest BCUT2D eigenvalue weighted by atomic mass is 9.88. The normalized spacial score (nSPS) is 11.5. The van der Waals surface area contributed by atoms with Gasteiger partial charge in [0.05, 0.1) is 11.5 Å². The summed E-state index contributed by atoms with van der Waals surface area (Å²) in [5.41, 5.74) is -0.115. The van der Waals surface area contributed by atoms with Gasteiger partial charge in [-0.3, -0.25) is 0 Å². The third-order valence-electron chi connectivity index (χ3n) is 4.71. The van der Waals surface area contributed by atoms with E-state index in [4.69, 9.17) is 5.26 Å². The molecule has 0 aromatic rings. The second-order valence-corrected chi connectivity index (χ2v) is 7.70. The van der Waals surface area contributed by atoms with Gasteiger partial charge in [0.2, 0.25) is 0 Å². The van der Waals surface area contributed by atoms with Gasteiger partial charge in [0.15, 0.2) is 0 Å². The van der Waals surface area contributed by atoms with Crippen molar-refractivity contribution in [2.45, 2.75) is 124 Å². The maximum Gasteiger partial charge on any atom is 0.0683 e. The number of nitrogens with zero attached hydrogens (tertiary/aromatic N) is 1. The van der Waals surface area contributed by atoms with Crippen LogP contribution in [0.15, 0.2) is 0 Å². The summed E-state index contributed by atoms with van der Waals surface area (Å²) in [5.74, 6) is 0. The molecule has 0 atom stereocenters. The van der Waals surface area contributed by atoms with E-state index in [1.807, 2.05) is 0 Å². The Morgan fingerprint density at radius 1 is 0.591 bits per heavy atom. The number of hydrogen-bond acceptors (Lipinski definition) is 1. The molecule has 0 rings (SSSR count). The van der Waals surface area contributed by atoms with Crippen LogP contribution in [-0.2, 0) is 0 Å². The predicted octanol–water partition coefficient (Wildman–Crippen LogP) is 7.80. The lowest BCUT2D eigenvalue weighted by Crippen LogP contribution is -2.06. The van der Waals surface area contributed by atoms with Crippen molar-refractivity contribution in [2.75, 3.05) is 0 Å². The average molecular weight is 308 g/mol. The van der Waals surface area contributed by atoms with Crippen molar-refractivity contribution < 1.29 is 0 Å². The van der Waals surface area contributed by atoms with E-state index < -0.39 is 0 Å².